The van der Waals surface area contributed by atoms with Gasteiger partial charge in [-0.25, -0.2) is 9.67 Å². The van der Waals surface area contributed by atoms with Gasteiger partial charge in [0, 0.05) is 17.7 Å². The number of nitro benzene ring substituents is 1. The predicted molar refractivity (Wildman–Crippen MR) is 104 cm³/mol. The third kappa shape index (κ3) is 4.72. The van der Waals surface area contributed by atoms with Crippen LogP contribution in [0.2, 0.25) is 0 Å². The van der Waals surface area contributed by atoms with Crippen molar-refractivity contribution in [1.82, 2.24) is 14.8 Å². The van der Waals surface area contributed by atoms with E-state index in [0.29, 0.717) is 17.3 Å². The highest BCUT2D eigenvalue weighted by Crippen LogP contribution is 2.26. The second-order valence-electron chi connectivity index (χ2n) is 6.75. The number of non-ortho nitro benzene ring substituents is 1. The summed E-state index contributed by atoms with van der Waals surface area (Å²) in [4.78, 5) is 14.5. The second-order valence-corrected chi connectivity index (χ2v) is 6.75. The van der Waals surface area contributed by atoms with Crippen LogP contribution in [0.15, 0.2) is 54.9 Å². The fraction of sp³-hybridized carbons (Fsp3) is 0.300. The van der Waals surface area contributed by atoms with Crippen LogP contribution >= 0.6 is 0 Å². The molecule has 1 unspecified atom stereocenters. The number of aromatic nitrogens is 3. The van der Waals surface area contributed by atoms with Crippen LogP contribution in [0.25, 0.3) is 11.4 Å². The molecule has 0 aliphatic rings. The molecule has 3 rings (SSSR count). The maximum absolute atomic E-state index is 10.7. The largest absolute Gasteiger partial charge is 0.491 e. The zero-order chi connectivity index (χ0) is 20.1. The lowest BCUT2D eigenvalue weighted by atomic mass is 10.0. The summed E-state index contributed by atoms with van der Waals surface area (Å²) < 4.78 is 7.31. The summed E-state index contributed by atoms with van der Waals surface area (Å²) in [6, 6.07) is 13.8. The lowest BCUT2D eigenvalue weighted by Gasteiger charge is -2.16. The molecule has 28 heavy (non-hydrogen) atoms. The van der Waals surface area contributed by atoms with Crippen LogP contribution in [-0.4, -0.2) is 37.5 Å². The van der Waals surface area contributed by atoms with Crippen LogP contribution in [0.3, 0.4) is 0 Å². The minimum Gasteiger partial charge on any atom is -0.491 e. The Morgan fingerprint density at radius 3 is 2.57 bits per heavy atom. The Balaban J connectivity index is 1.60. The Bertz CT molecular complexity index is 937. The first kappa shape index (κ1) is 19.5. The van der Waals surface area contributed by atoms with Crippen molar-refractivity contribution in [3.63, 3.8) is 0 Å². The van der Waals surface area contributed by atoms with Gasteiger partial charge in [0.15, 0.2) is 5.82 Å². The first-order chi connectivity index (χ1) is 13.4. The molecule has 3 aromatic rings. The number of rotatable bonds is 8. The molecular formula is C20H22N4O4. The van der Waals surface area contributed by atoms with Gasteiger partial charge >= 0.3 is 0 Å². The Kier molecular flexibility index (Phi) is 6.00. The normalized spacial score (nSPS) is 12.1. The minimum atomic E-state index is -0.758. The molecule has 2 aromatic carbocycles. The van der Waals surface area contributed by atoms with Crippen molar-refractivity contribution in [2.24, 2.45) is 0 Å². The van der Waals surface area contributed by atoms with Crippen LogP contribution in [0.4, 0.5) is 5.69 Å². The Morgan fingerprint density at radius 1 is 1.18 bits per heavy atom. The maximum atomic E-state index is 10.7. The van der Waals surface area contributed by atoms with E-state index in [4.69, 9.17) is 4.74 Å². The van der Waals surface area contributed by atoms with Gasteiger partial charge < -0.3 is 9.84 Å². The van der Waals surface area contributed by atoms with Crippen molar-refractivity contribution in [3.8, 4) is 17.1 Å². The van der Waals surface area contributed by atoms with Crippen molar-refractivity contribution in [2.45, 2.75) is 32.4 Å². The molecule has 0 saturated carbocycles. The lowest BCUT2D eigenvalue weighted by molar-refractivity contribution is -0.384. The van der Waals surface area contributed by atoms with E-state index in [9.17, 15) is 15.2 Å². The van der Waals surface area contributed by atoms with Crippen molar-refractivity contribution < 1.29 is 14.8 Å². The lowest BCUT2D eigenvalue weighted by Crippen LogP contribution is -2.24. The summed E-state index contributed by atoms with van der Waals surface area (Å²) in [5.41, 5.74) is 1.77. The number of hydrogen-bond donors (Lipinski definition) is 1. The van der Waals surface area contributed by atoms with Gasteiger partial charge in [-0.2, -0.15) is 5.10 Å². The Labute approximate surface area is 162 Å². The fourth-order valence-electron chi connectivity index (χ4n) is 2.79. The van der Waals surface area contributed by atoms with Crippen LogP contribution < -0.4 is 4.74 Å². The molecule has 146 valence electrons. The second kappa shape index (κ2) is 8.62. The van der Waals surface area contributed by atoms with Crippen molar-refractivity contribution in [2.75, 3.05) is 6.61 Å². The molecule has 0 saturated heterocycles. The van der Waals surface area contributed by atoms with E-state index in [1.54, 1.807) is 12.1 Å². The van der Waals surface area contributed by atoms with Crippen LogP contribution in [-0.2, 0) is 6.54 Å². The van der Waals surface area contributed by atoms with E-state index in [-0.39, 0.29) is 18.8 Å². The van der Waals surface area contributed by atoms with Crippen molar-refractivity contribution in [1.29, 1.82) is 0 Å². The van der Waals surface area contributed by atoms with Gasteiger partial charge in [0.25, 0.3) is 5.69 Å². The van der Waals surface area contributed by atoms with Gasteiger partial charge in [-0.15, -0.1) is 0 Å². The quantitative estimate of drug-likeness (QED) is 0.473. The first-order valence-corrected chi connectivity index (χ1v) is 8.98. The average Bonchev–Trinajstić information content (AvgIpc) is 3.15. The smallest absolute Gasteiger partial charge is 0.269 e. The van der Waals surface area contributed by atoms with E-state index >= 15 is 0 Å². The zero-order valence-corrected chi connectivity index (χ0v) is 15.7. The van der Waals surface area contributed by atoms with E-state index in [1.165, 1.54) is 23.1 Å². The van der Waals surface area contributed by atoms with Crippen LogP contribution in [0.1, 0.15) is 25.3 Å². The predicted octanol–water partition coefficient (Wildman–Crippen LogP) is 3.42. The number of benzene rings is 2. The van der Waals surface area contributed by atoms with Crippen LogP contribution in [0.5, 0.6) is 5.75 Å². The van der Waals surface area contributed by atoms with Gasteiger partial charge in [-0.1, -0.05) is 32.0 Å². The van der Waals surface area contributed by atoms with Gasteiger partial charge in [0.1, 0.15) is 24.8 Å². The van der Waals surface area contributed by atoms with Gasteiger partial charge in [-0.3, -0.25) is 10.1 Å². The SMILES string of the molecule is CC(C)c1ccccc1OCC(O)Cn1cnc(-c2ccc([N+](=O)[O-])cc2)n1. The van der Waals surface area contributed by atoms with Crippen molar-refractivity contribution in [3.05, 3.63) is 70.5 Å². The van der Waals surface area contributed by atoms with Crippen molar-refractivity contribution >= 4 is 5.69 Å². The molecule has 1 aromatic heterocycles. The fourth-order valence-corrected chi connectivity index (χ4v) is 2.79. The number of nitrogens with zero attached hydrogens (tertiary/aromatic N) is 4. The Morgan fingerprint density at radius 2 is 1.89 bits per heavy atom. The van der Waals surface area contributed by atoms with E-state index in [1.807, 2.05) is 24.3 Å². The molecule has 0 bridgehead atoms. The summed E-state index contributed by atoms with van der Waals surface area (Å²) in [6.45, 7) is 4.54. The monoisotopic (exact) mass is 382 g/mol. The molecule has 1 atom stereocenters. The minimum absolute atomic E-state index is 0.0115. The molecule has 0 amide bonds. The molecule has 8 heteroatoms. The molecule has 0 fully saturated rings. The number of nitro groups is 1. The summed E-state index contributed by atoms with van der Waals surface area (Å²) in [7, 11) is 0. The highest BCUT2D eigenvalue weighted by molar-refractivity contribution is 5.56. The third-order valence-electron chi connectivity index (χ3n) is 4.24. The summed E-state index contributed by atoms with van der Waals surface area (Å²) in [6.07, 6.45) is 0.758. The number of hydrogen-bond acceptors (Lipinski definition) is 6. The molecule has 0 aliphatic carbocycles. The highest BCUT2D eigenvalue weighted by Gasteiger charge is 2.13. The van der Waals surface area contributed by atoms with Gasteiger partial charge in [-0.05, 0) is 29.7 Å². The number of ether oxygens (including phenoxy) is 1. The average molecular weight is 382 g/mol. The molecular weight excluding hydrogens is 360 g/mol. The molecule has 1 N–H and O–H groups in total. The summed E-state index contributed by atoms with van der Waals surface area (Å²) in [5, 5.41) is 25.3. The number of para-hydroxylation sites is 1. The third-order valence-corrected chi connectivity index (χ3v) is 4.24. The standard InChI is InChI=1S/C20H22N4O4/c1-14(2)18-5-3-4-6-19(18)28-12-17(25)11-23-13-21-20(22-23)15-7-9-16(10-8-15)24(26)27/h3-10,13-14,17,25H,11-12H2,1-2H3. The molecule has 8 nitrogen and oxygen atoms in total. The molecule has 0 aliphatic heterocycles. The zero-order valence-electron chi connectivity index (χ0n) is 15.7. The van der Waals surface area contributed by atoms with E-state index in [0.717, 1.165) is 11.3 Å². The van der Waals surface area contributed by atoms with Gasteiger partial charge in [0.05, 0.1) is 11.5 Å². The molecule has 0 spiro atoms. The van der Waals surface area contributed by atoms with Crippen LogP contribution in [0, 0.1) is 10.1 Å². The summed E-state index contributed by atoms with van der Waals surface area (Å²) >= 11 is 0. The number of aliphatic hydroxyl groups excluding tert-OH is 1. The summed E-state index contributed by atoms with van der Waals surface area (Å²) in [5.74, 6) is 1.53. The molecule has 1 heterocycles. The number of aliphatic hydroxyl groups is 1. The Hall–Kier alpha value is -3.26. The topological polar surface area (TPSA) is 103 Å². The van der Waals surface area contributed by atoms with E-state index in [2.05, 4.69) is 23.9 Å². The van der Waals surface area contributed by atoms with E-state index < -0.39 is 11.0 Å². The highest BCUT2D eigenvalue weighted by atomic mass is 16.6. The van der Waals surface area contributed by atoms with Gasteiger partial charge in [0.2, 0.25) is 0 Å². The molecule has 0 radical (unpaired) electrons. The first-order valence-electron chi connectivity index (χ1n) is 8.98. The maximum Gasteiger partial charge on any atom is 0.269 e.